The number of amides is 2. The van der Waals surface area contributed by atoms with Crippen LogP contribution in [-0.4, -0.2) is 36.9 Å². The second-order valence-corrected chi connectivity index (χ2v) is 7.83. The minimum absolute atomic E-state index is 0.113. The van der Waals surface area contributed by atoms with Gasteiger partial charge in [0.25, 0.3) is 0 Å². The summed E-state index contributed by atoms with van der Waals surface area (Å²) in [5.41, 5.74) is 4.07. The summed E-state index contributed by atoms with van der Waals surface area (Å²) >= 11 is 0. The first kappa shape index (κ1) is 21.5. The van der Waals surface area contributed by atoms with Gasteiger partial charge in [0.05, 0.1) is 19.1 Å². The number of hydrogen-bond donors (Lipinski definition) is 2. The zero-order chi connectivity index (χ0) is 21.7. The largest absolute Gasteiger partial charge is 0.348 e. The van der Waals surface area contributed by atoms with E-state index in [4.69, 9.17) is 0 Å². The van der Waals surface area contributed by atoms with Crippen molar-refractivity contribution < 1.29 is 9.59 Å². The first-order valence-electron chi connectivity index (χ1n) is 10.2. The number of aryl methyl sites for hydroxylation is 1. The van der Waals surface area contributed by atoms with Crippen LogP contribution in [-0.2, 0) is 9.59 Å². The minimum Gasteiger partial charge on any atom is -0.348 e. The second-order valence-electron chi connectivity index (χ2n) is 7.83. The number of anilines is 1. The molecule has 0 aliphatic rings. The normalized spacial score (nSPS) is 12.0. The maximum atomic E-state index is 12.5. The van der Waals surface area contributed by atoms with Gasteiger partial charge >= 0.3 is 0 Å². The molecule has 2 N–H and O–H groups in total. The Morgan fingerprint density at radius 1 is 0.900 bits per heavy atom. The van der Waals surface area contributed by atoms with E-state index >= 15 is 0 Å². The molecule has 3 aromatic rings. The van der Waals surface area contributed by atoms with Gasteiger partial charge in [0.2, 0.25) is 11.8 Å². The van der Waals surface area contributed by atoms with Crippen LogP contribution in [0.2, 0.25) is 0 Å². The van der Waals surface area contributed by atoms with Crippen molar-refractivity contribution in [1.29, 1.82) is 0 Å². The van der Waals surface area contributed by atoms with Gasteiger partial charge in [0.15, 0.2) is 0 Å². The average molecular weight is 404 g/mol. The summed E-state index contributed by atoms with van der Waals surface area (Å²) in [6, 6.07) is 19.9. The average Bonchev–Trinajstić information content (AvgIpc) is 2.70. The molecule has 0 bridgehead atoms. The zero-order valence-corrected chi connectivity index (χ0v) is 18.0. The van der Waals surface area contributed by atoms with Crippen LogP contribution in [0.25, 0.3) is 10.8 Å². The highest BCUT2D eigenvalue weighted by molar-refractivity contribution is 5.93. The van der Waals surface area contributed by atoms with E-state index in [0.717, 1.165) is 33.2 Å². The van der Waals surface area contributed by atoms with Crippen molar-refractivity contribution in [3.8, 4) is 0 Å². The smallest absolute Gasteiger partial charge is 0.238 e. The molecule has 156 valence electrons. The van der Waals surface area contributed by atoms with Gasteiger partial charge in [-0.25, -0.2) is 0 Å². The van der Waals surface area contributed by atoms with Gasteiger partial charge in [-0.05, 0) is 61.3 Å². The Kier molecular flexibility index (Phi) is 6.85. The van der Waals surface area contributed by atoms with Crippen molar-refractivity contribution >= 4 is 28.3 Å². The Morgan fingerprint density at radius 3 is 2.37 bits per heavy atom. The van der Waals surface area contributed by atoms with Gasteiger partial charge in [-0.15, -0.1) is 0 Å². The summed E-state index contributed by atoms with van der Waals surface area (Å²) in [6.45, 7) is 6.26. The topological polar surface area (TPSA) is 61.4 Å². The van der Waals surface area contributed by atoms with Crippen molar-refractivity contribution in [2.24, 2.45) is 0 Å². The molecule has 0 saturated carbocycles. The third-order valence-electron chi connectivity index (χ3n) is 5.37. The molecule has 5 heteroatoms. The zero-order valence-electron chi connectivity index (χ0n) is 18.0. The number of hydrogen-bond acceptors (Lipinski definition) is 3. The SMILES string of the molecule is Cc1cccc(NC(=O)CN(C)CC(=O)N[C@@H](C)c2cccc3ccccc23)c1C. The van der Waals surface area contributed by atoms with E-state index in [0.29, 0.717) is 0 Å². The fourth-order valence-corrected chi connectivity index (χ4v) is 3.62. The van der Waals surface area contributed by atoms with Crippen molar-refractivity contribution in [2.75, 3.05) is 25.5 Å². The maximum absolute atomic E-state index is 12.5. The van der Waals surface area contributed by atoms with Crippen LogP contribution in [0.4, 0.5) is 5.69 Å². The molecule has 0 saturated heterocycles. The fourth-order valence-electron chi connectivity index (χ4n) is 3.62. The Bertz CT molecular complexity index is 1060. The molecule has 3 rings (SSSR count). The monoisotopic (exact) mass is 403 g/mol. The lowest BCUT2D eigenvalue weighted by atomic mass is 10.00. The first-order valence-corrected chi connectivity index (χ1v) is 10.2. The Balaban J connectivity index is 1.55. The molecule has 0 unspecified atom stereocenters. The molecule has 0 aromatic heterocycles. The molecule has 0 fully saturated rings. The van der Waals surface area contributed by atoms with Crippen LogP contribution in [0.5, 0.6) is 0 Å². The highest BCUT2D eigenvalue weighted by Gasteiger charge is 2.15. The number of carbonyl (C=O) groups excluding carboxylic acids is 2. The molecule has 30 heavy (non-hydrogen) atoms. The van der Waals surface area contributed by atoms with Crippen LogP contribution in [0.15, 0.2) is 60.7 Å². The highest BCUT2D eigenvalue weighted by Crippen LogP contribution is 2.24. The molecule has 3 aromatic carbocycles. The van der Waals surface area contributed by atoms with Crippen LogP contribution in [0.3, 0.4) is 0 Å². The van der Waals surface area contributed by atoms with Crippen LogP contribution >= 0.6 is 0 Å². The van der Waals surface area contributed by atoms with E-state index in [9.17, 15) is 9.59 Å². The molecule has 0 radical (unpaired) electrons. The highest BCUT2D eigenvalue weighted by atomic mass is 16.2. The van der Waals surface area contributed by atoms with Gasteiger partial charge in [0.1, 0.15) is 0 Å². The molecule has 0 aliphatic heterocycles. The summed E-state index contributed by atoms with van der Waals surface area (Å²) in [5.74, 6) is -0.251. The Morgan fingerprint density at radius 2 is 1.57 bits per heavy atom. The number of carbonyl (C=O) groups is 2. The lowest BCUT2D eigenvalue weighted by Crippen LogP contribution is -2.39. The van der Waals surface area contributed by atoms with Gasteiger partial charge < -0.3 is 10.6 Å². The van der Waals surface area contributed by atoms with E-state index in [1.165, 1.54) is 0 Å². The summed E-state index contributed by atoms with van der Waals surface area (Å²) in [5, 5.41) is 8.26. The molecular formula is C25H29N3O2. The van der Waals surface area contributed by atoms with Crippen LogP contribution in [0.1, 0.15) is 29.7 Å². The predicted molar refractivity (Wildman–Crippen MR) is 123 cm³/mol. The molecule has 1 atom stereocenters. The molecule has 0 heterocycles. The van der Waals surface area contributed by atoms with Crippen molar-refractivity contribution in [3.05, 3.63) is 77.4 Å². The number of rotatable bonds is 7. The molecule has 0 aliphatic carbocycles. The molecule has 0 spiro atoms. The second kappa shape index (κ2) is 9.55. The van der Waals surface area contributed by atoms with Gasteiger partial charge in [-0.1, -0.05) is 54.6 Å². The van der Waals surface area contributed by atoms with E-state index in [1.54, 1.807) is 11.9 Å². The molecule has 5 nitrogen and oxygen atoms in total. The van der Waals surface area contributed by atoms with E-state index in [1.807, 2.05) is 63.2 Å². The molecular weight excluding hydrogens is 374 g/mol. The van der Waals surface area contributed by atoms with E-state index in [2.05, 4.69) is 28.8 Å². The summed E-state index contributed by atoms with van der Waals surface area (Å²) in [7, 11) is 1.77. The predicted octanol–water partition coefficient (Wildman–Crippen LogP) is 4.20. The maximum Gasteiger partial charge on any atom is 0.238 e. The first-order chi connectivity index (χ1) is 14.3. The summed E-state index contributed by atoms with van der Waals surface area (Å²) in [6.07, 6.45) is 0. The lowest BCUT2D eigenvalue weighted by Gasteiger charge is -2.20. The van der Waals surface area contributed by atoms with E-state index < -0.39 is 0 Å². The Hall–Kier alpha value is -3.18. The Labute approximate surface area is 178 Å². The van der Waals surface area contributed by atoms with Gasteiger partial charge in [0, 0.05) is 5.69 Å². The quantitative estimate of drug-likeness (QED) is 0.621. The number of benzene rings is 3. The fraction of sp³-hybridized carbons (Fsp3) is 0.280. The summed E-state index contributed by atoms with van der Waals surface area (Å²) in [4.78, 5) is 26.6. The van der Waals surface area contributed by atoms with Crippen molar-refractivity contribution in [2.45, 2.75) is 26.8 Å². The number of likely N-dealkylation sites (N-methyl/N-ethyl adjacent to an activating group) is 1. The van der Waals surface area contributed by atoms with Gasteiger partial charge in [-0.2, -0.15) is 0 Å². The van der Waals surface area contributed by atoms with Crippen molar-refractivity contribution in [1.82, 2.24) is 10.2 Å². The van der Waals surface area contributed by atoms with Gasteiger partial charge in [-0.3, -0.25) is 14.5 Å². The number of nitrogens with one attached hydrogen (secondary N) is 2. The minimum atomic E-state index is -0.138. The third kappa shape index (κ3) is 5.24. The van der Waals surface area contributed by atoms with Crippen LogP contribution in [0, 0.1) is 13.8 Å². The van der Waals surface area contributed by atoms with Crippen LogP contribution < -0.4 is 10.6 Å². The third-order valence-corrected chi connectivity index (χ3v) is 5.37. The van der Waals surface area contributed by atoms with E-state index in [-0.39, 0.29) is 30.9 Å². The van der Waals surface area contributed by atoms with Crippen molar-refractivity contribution in [3.63, 3.8) is 0 Å². The summed E-state index contributed by atoms with van der Waals surface area (Å²) < 4.78 is 0. The molecule has 2 amide bonds. The standard InChI is InChI=1S/C25H29N3O2/c1-17-9-7-14-23(18(17)2)27-25(30)16-28(4)15-24(29)26-19(3)21-13-8-11-20-10-5-6-12-22(20)21/h5-14,19H,15-16H2,1-4H3,(H,26,29)(H,27,30)/t19-/m0/s1. The number of fused-ring (bicyclic) bond motifs is 1. The lowest BCUT2D eigenvalue weighted by molar-refractivity contribution is -0.123. The number of nitrogens with zero attached hydrogens (tertiary/aromatic N) is 1.